The number of carbonyl (C=O) groups excluding carboxylic acids is 1. The first-order chi connectivity index (χ1) is 14.7. The van der Waals surface area contributed by atoms with Crippen LogP contribution in [0.4, 0.5) is 5.69 Å². The molecule has 2 nitrogen and oxygen atoms in total. The summed E-state index contributed by atoms with van der Waals surface area (Å²) in [6, 6.07) is 26.3. The normalized spacial score (nSPS) is 11.6. The molecule has 0 atom stereocenters. The third-order valence-electron chi connectivity index (χ3n) is 5.36. The van der Waals surface area contributed by atoms with Crippen LogP contribution in [-0.2, 0) is 0 Å². The predicted octanol–water partition coefficient (Wildman–Crippen LogP) is 8.33. The van der Waals surface area contributed by atoms with Crippen molar-refractivity contribution in [3.05, 3.63) is 88.8 Å². The summed E-state index contributed by atoms with van der Waals surface area (Å²) in [6.07, 6.45) is 0. The summed E-state index contributed by atoms with van der Waals surface area (Å²) >= 11 is 10.1. The summed E-state index contributed by atoms with van der Waals surface area (Å²) in [5.41, 5.74) is 0.757. The van der Waals surface area contributed by atoms with Crippen molar-refractivity contribution in [2.75, 3.05) is 5.32 Å². The average Bonchev–Trinajstić information content (AvgIpc) is 3.33. The van der Waals surface area contributed by atoms with Gasteiger partial charge in [0.1, 0.15) is 4.88 Å². The number of carbonyl (C=O) groups is 1. The molecular formula is C25H14ClNOS2. The van der Waals surface area contributed by atoms with Gasteiger partial charge in [-0.3, -0.25) is 4.79 Å². The molecule has 1 N–H and O–H groups in total. The number of hydrogen-bond donors (Lipinski definition) is 1. The van der Waals surface area contributed by atoms with E-state index in [-0.39, 0.29) is 5.91 Å². The molecule has 1 amide bonds. The Balaban J connectivity index is 1.69. The highest BCUT2D eigenvalue weighted by Gasteiger charge is 2.23. The number of anilines is 1. The third kappa shape index (κ3) is 2.58. The average molecular weight is 444 g/mol. The number of halogens is 1. The van der Waals surface area contributed by atoms with E-state index >= 15 is 0 Å². The molecule has 4 aromatic carbocycles. The molecule has 2 aromatic heterocycles. The van der Waals surface area contributed by atoms with E-state index in [0.717, 1.165) is 21.2 Å². The lowest BCUT2D eigenvalue weighted by Crippen LogP contribution is -2.10. The van der Waals surface area contributed by atoms with E-state index in [9.17, 15) is 4.79 Å². The lowest BCUT2D eigenvalue weighted by atomic mass is 10.0. The van der Waals surface area contributed by atoms with Gasteiger partial charge in [-0.05, 0) is 29.0 Å². The molecule has 0 unspecified atom stereocenters. The van der Waals surface area contributed by atoms with Crippen LogP contribution in [0.5, 0.6) is 0 Å². The van der Waals surface area contributed by atoms with Gasteiger partial charge >= 0.3 is 0 Å². The maximum Gasteiger partial charge on any atom is 0.267 e. The highest BCUT2D eigenvalue weighted by atomic mass is 35.5. The lowest BCUT2D eigenvalue weighted by Gasteiger charge is -2.04. The van der Waals surface area contributed by atoms with Crippen LogP contribution in [0.15, 0.2) is 78.9 Å². The zero-order chi connectivity index (χ0) is 20.2. The minimum Gasteiger partial charge on any atom is -0.321 e. The Kier molecular flexibility index (Phi) is 4.06. The van der Waals surface area contributed by atoms with E-state index in [1.165, 1.54) is 36.9 Å². The molecule has 0 aliphatic rings. The van der Waals surface area contributed by atoms with Crippen molar-refractivity contribution in [1.82, 2.24) is 0 Å². The Morgan fingerprint density at radius 3 is 2.07 bits per heavy atom. The van der Waals surface area contributed by atoms with Crippen molar-refractivity contribution in [3.63, 3.8) is 0 Å². The molecule has 0 bridgehead atoms. The zero-order valence-corrected chi connectivity index (χ0v) is 18.0. The zero-order valence-electron chi connectivity index (χ0n) is 15.6. The molecule has 6 aromatic rings. The summed E-state index contributed by atoms with van der Waals surface area (Å²) in [6.45, 7) is 0. The summed E-state index contributed by atoms with van der Waals surface area (Å²) in [4.78, 5) is 13.6. The number of nitrogens with one attached hydrogen (secondary N) is 1. The van der Waals surface area contributed by atoms with Crippen LogP contribution in [0.2, 0.25) is 5.02 Å². The van der Waals surface area contributed by atoms with Crippen molar-refractivity contribution < 1.29 is 4.79 Å². The second-order valence-electron chi connectivity index (χ2n) is 7.12. The van der Waals surface area contributed by atoms with Gasteiger partial charge in [0.05, 0.1) is 14.4 Å². The van der Waals surface area contributed by atoms with E-state index in [4.69, 9.17) is 11.6 Å². The number of benzene rings is 4. The smallest absolute Gasteiger partial charge is 0.267 e. The van der Waals surface area contributed by atoms with E-state index in [0.29, 0.717) is 9.90 Å². The van der Waals surface area contributed by atoms with Gasteiger partial charge in [0.2, 0.25) is 0 Å². The second kappa shape index (κ2) is 6.81. The van der Waals surface area contributed by atoms with E-state index in [1.807, 2.05) is 36.4 Å². The van der Waals surface area contributed by atoms with Crippen LogP contribution < -0.4 is 5.32 Å². The highest BCUT2D eigenvalue weighted by Crippen LogP contribution is 2.49. The van der Waals surface area contributed by atoms with Crippen LogP contribution in [0.25, 0.3) is 41.0 Å². The predicted molar refractivity (Wildman–Crippen MR) is 132 cm³/mol. The van der Waals surface area contributed by atoms with Gasteiger partial charge in [0.25, 0.3) is 5.91 Å². The molecule has 6 rings (SSSR count). The standard InChI is InChI=1S/C25H14ClNOS2/c26-21-20-16-11-5-4-10-15(16)19-17-12-6-7-13-18(17)29-22(19)23(20)30-24(21)25(28)27-14-8-2-1-3-9-14/h1-13H,(H,27,28). The molecule has 0 spiro atoms. The fraction of sp³-hybridized carbons (Fsp3) is 0. The van der Waals surface area contributed by atoms with Gasteiger partial charge in [-0.1, -0.05) is 72.3 Å². The minimum atomic E-state index is -0.175. The molecule has 0 radical (unpaired) electrons. The van der Waals surface area contributed by atoms with Crippen molar-refractivity contribution in [3.8, 4) is 0 Å². The van der Waals surface area contributed by atoms with Gasteiger partial charge < -0.3 is 5.32 Å². The van der Waals surface area contributed by atoms with Gasteiger partial charge in [0, 0.05) is 26.5 Å². The Hall–Kier alpha value is -2.92. The van der Waals surface area contributed by atoms with Crippen molar-refractivity contribution >= 4 is 86.9 Å². The highest BCUT2D eigenvalue weighted by molar-refractivity contribution is 7.32. The molecule has 0 saturated carbocycles. The fourth-order valence-electron chi connectivity index (χ4n) is 4.06. The van der Waals surface area contributed by atoms with E-state index in [2.05, 4.69) is 47.8 Å². The lowest BCUT2D eigenvalue weighted by molar-refractivity contribution is 0.103. The molecule has 0 fully saturated rings. The first kappa shape index (κ1) is 17.9. The molecule has 0 aliphatic carbocycles. The van der Waals surface area contributed by atoms with Crippen molar-refractivity contribution in [2.45, 2.75) is 0 Å². The van der Waals surface area contributed by atoms with Crippen LogP contribution in [0.1, 0.15) is 9.67 Å². The first-order valence-electron chi connectivity index (χ1n) is 9.52. The largest absolute Gasteiger partial charge is 0.321 e. The number of fused-ring (bicyclic) bond motifs is 8. The number of hydrogen-bond acceptors (Lipinski definition) is 3. The molecule has 0 aliphatic heterocycles. The molecule has 0 saturated heterocycles. The second-order valence-corrected chi connectivity index (χ2v) is 9.57. The Labute approximate surface area is 185 Å². The third-order valence-corrected chi connectivity index (χ3v) is 8.37. The minimum absolute atomic E-state index is 0.175. The molecule has 2 heterocycles. The maximum atomic E-state index is 13.1. The molecule has 5 heteroatoms. The van der Waals surface area contributed by atoms with Crippen molar-refractivity contribution in [1.29, 1.82) is 0 Å². The molecule has 144 valence electrons. The van der Waals surface area contributed by atoms with Crippen LogP contribution in [0.3, 0.4) is 0 Å². The Morgan fingerprint density at radius 1 is 0.700 bits per heavy atom. The molecule has 30 heavy (non-hydrogen) atoms. The monoisotopic (exact) mass is 443 g/mol. The van der Waals surface area contributed by atoms with E-state index < -0.39 is 0 Å². The van der Waals surface area contributed by atoms with E-state index in [1.54, 1.807) is 11.3 Å². The summed E-state index contributed by atoms with van der Waals surface area (Å²) in [5.74, 6) is -0.175. The van der Waals surface area contributed by atoms with Crippen LogP contribution in [0, 0.1) is 0 Å². The number of thiophene rings is 2. The van der Waals surface area contributed by atoms with Crippen molar-refractivity contribution in [2.24, 2.45) is 0 Å². The van der Waals surface area contributed by atoms with Gasteiger partial charge in [-0.25, -0.2) is 0 Å². The summed E-state index contributed by atoms with van der Waals surface area (Å²) < 4.78 is 3.51. The number of amides is 1. The first-order valence-corrected chi connectivity index (χ1v) is 11.5. The Morgan fingerprint density at radius 2 is 1.30 bits per heavy atom. The van der Waals surface area contributed by atoms with Gasteiger partial charge in [-0.15, -0.1) is 22.7 Å². The topological polar surface area (TPSA) is 29.1 Å². The van der Waals surface area contributed by atoms with Gasteiger partial charge in [0.15, 0.2) is 0 Å². The number of rotatable bonds is 2. The summed E-state index contributed by atoms with van der Waals surface area (Å²) in [5, 5.41) is 9.22. The number of para-hydroxylation sites is 1. The quantitative estimate of drug-likeness (QED) is 0.286. The fourth-order valence-corrected chi connectivity index (χ4v) is 6.97. The Bertz CT molecular complexity index is 1600. The SMILES string of the molecule is O=C(Nc1ccccc1)c1sc2c3sc4ccccc4c3c3ccccc3c2c1Cl. The maximum absolute atomic E-state index is 13.1. The summed E-state index contributed by atoms with van der Waals surface area (Å²) in [7, 11) is 0. The van der Waals surface area contributed by atoms with Gasteiger partial charge in [-0.2, -0.15) is 0 Å². The van der Waals surface area contributed by atoms with Crippen LogP contribution >= 0.6 is 34.3 Å². The van der Waals surface area contributed by atoms with Crippen LogP contribution in [-0.4, -0.2) is 5.91 Å². The molecular weight excluding hydrogens is 430 g/mol.